The fraction of sp³-hybridized carbons (Fsp3) is 0.619. The highest BCUT2D eigenvalue weighted by molar-refractivity contribution is 7.59. The number of non-ortho nitro benzene ring substituents is 1. The van der Waals surface area contributed by atoms with E-state index in [0.717, 1.165) is 38.5 Å². The molecule has 0 fully saturated rings. The number of nitro groups is 1. The topological polar surface area (TPSA) is 105 Å². The fourth-order valence-electron chi connectivity index (χ4n) is 2.63. The number of ether oxygens (including phenoxy) is 3. The first-order valence-electron chi connectivity index (χ1n) is 10.2. The molecule has 0 radical (unpaired) electrons. The Balaban J connectivity index is 0.00000841. The monoisotopic (exact) mass is 443 g/mol. The van der Waals surface area contributed by atoms with E-state index in [1.54, 1.807) is 0 Å². The lowest BCUT2D eigenvalue weighted by molar-refractivity contribution is -0.384. The van der Waals surface area contributed by atoms with Gasteiger partial charge in [0, 0.05) is 18.6 Å². The van der Waals surface area contributed by atoms with Crippen LogP contribution >= 0.6 is 13.5 Å². The summed E-state index contributed by atoms with van der Waals surface area (Å²) >= 11 is 0. The lowest BCUT2D eigenvalue weighted by Gasteiger charge is -2.17. The fourth-order valence-corrected chi connectivity index (χ4v) is 2.63. The van der Waals surface area contributed by atoms with Gasteiger partial charge >= 0.3 is 12.1 Å². The predicted molar refractivity (Wildman–Crippen MR) is 118 cm³/mol. The third kappa shape index (κ3) is 12.3. The van der Waals surface area contributed by atoms with E-state index in [9.17, 15) is 19.7 Å². The molecule has 1 atom stereocenters. The van der Waals surface area contributed by atoms with Crippen LogP contribution in [-0.2, 0) is 14.3 Å². The van der Waals surface area contributed by atoms with Gasteiger partial charge in [-0.05, 0) is 37.8 Å². The molecule has 1 rings (SSSR count). The van der Waals surface area contributed by atoms with Crippen LogP contribution in [0.5, 0.6) is 5.75 Å². The van der Waals surface area contributed by atoms with E-state index in [-0.39, 0.29) is 37.3 Å². The summed E-state index contributed by atoms with van der Waals surface area (Å²) in [4.78, 5) is 34.0. The molecule has 0 unspecified atom stereocenters. The molecule has 0 bridgehead atoms. The summed E-state index contributed by atoms with van der Waals surface area (Å²) in [6, 6.07) is 5.16. The number of unbranched alkanes of at least 4 members (excludes halogenated alkanes) is 4. The molecule has 0 aliphatic carbocycles. The van der Waals surface area contributed by atoms with Crippen molar-refractivity contribution in [3.63, 3.8) is 0 Å². The van der Waals surface area contributed by atoms with Gasteiger partial charge in [-0.3, -0.25) is 14.9 Å². The Kier molecular flexibility index (Phi) is 15.2. The average Bonchev–Trinajstić information content (AvgIpc) is 2.69. The molecule has 0 saturated carbocycles. The number of rotatable bonds is 14. The van der Waals surface area contributed by atoms with Crippen LogP contribution in [0.15, 0.2) is 24.3 Å². The van der Waals surface area contributed by atoms with Gasteiger partial charge in [-0.15, -0.1) is 0 Å². The van der Waals surface area contributed by atoms with Gasteiger partial charge < -0.3 is 14.2 Å². The van der Waals surface area contributed by atoms with E-state index in [0.29, 0.717) is 19.4 Å². The van der Waals surface area contributed by atoms with Crippen LogP contribution in [-0.4, -0.2) is 29.8 Å². The number of hydrogen-bond acceptors (Lipinski definition) is 7. The zero-order chi connectivity index (χ0) is 21.5. The molecule has 0 aromatic heterocycles. The molecule has 0 aliphatic rings. The molecule has 30 heavy (non-hydrogen) atoms. The molecule has 170 valence electrons. The molecular formula is C21H33NO7S. The van der Waals surface area contributed by atoms with E-state index in [1.165, 1.54) is 24.3 Å². The zero-order valence-electron chi connectivity index (χ0n) is 17.8. The molecule has 0 saturated heterocycles. The van der Waals surface area contributed by atoms with Crippen LogP contribution in [0.25, 0.3) is 0 Å². The van der Waals surface area contributed by atoms with Gasteiger partial charge in [-0.25, -0.2) is 4.79 Å². The summed E-state index contributed by atoms with van der Waals surface area (Å²) in [5.74, 6) is -0.145. The number of carbonyl (C=O) groups is 2. The van der Waals surface area contributed by atoms with Gasteiger partial charge in [0.25, 0.3) is 5.69 Å². The Morgan fingerprint density at radius 1 is 1.00 bits per heavy atom. The number of benzene rings is 1. The second kappa shape index (κ2) is 16.5. The average molecular weight is 444 g/mol. The molecule has 1 aromatic carbocycles. The van der Waals surface area contributed by atoms with Crippen LogP contribution in [0, 0.1) is 10.1 Å². The van der Waals surface area contributed by atoms with Crippen molar-refractivity contribution in [1.29, 1.82) is 0 Å². The van der Waals surface area contributed by atoms with Crippen molar-refractivity contribution in [3.8, 4) is 5.75 Å². The summed E-state index contributed by atoms with van der Waals surface area (Å²) in [5.41, 5.74) is -0.0962. The van der Waals surface area contributed by atoms with Crippen LogP contribution in [0.3, 0.4) is 0 Å². The number of nitro benzene ring substituents is 1. The van der Waals surface area contributed by atoms with Gasteiger partial charge in [0.1, 0.15) is 11.9 Å². The van der Waals surface area contributed by atoms with Crippen molar-refractivity contribution in [1.82, 2.24) is 0 Å². The Labute approximate surface area is 184 Å². The Bertz CT molecular complexity index is 637. The third-order valence-corrected chi connectivity index (χ3v) is 4.32. The Morgan fingerprint density at radius 2 is 1.67 bits per heavy atom. The summed E-state index contributed by atoms with van der Waals surface area (Å²) in [7, 11) is 0. The summed E-state index contributed by atoms with van der Waals surface area (Å²) in [6.45, 7) is 4.53. The first kappa shape index (κ1) is 27.7. The van der Waals surface area contributed by atoms with Crippen molar-refractivity contribution >= 4 is 31.3 Å². The SMILES string of the molecule is CCCCCC[C@@H](CCC(=O)OCCCC)OC(=O)Oc1ccc([N+](=O)[O-])cc1.S. The highest BCUT2D eigenvalue weighted by Crippen LogP contribution is 2.19. The normalized spacial score (nSPS) is 11.1. The zero-order valence-corrected chi connectivity index (χ0v) is 18.8. The van der Waals surface area contributed by atoms with Crippen LogP contribution < -0.4 is 4.74 Å². The molecule has 1 aromatic rings. The molecule has 8 nitrogen and oxygen atoms in total. The number of carbonyl (C=O) groups excluding carboxylic acids is 2. The van der Waals surface area contributed by atoms with Crippen molar-refractivity contribution < 1.29 is 28.7 Å². The Morgan fingerprint density at radius 3 is 2.27 bits per heavy atom. The minimum Gasteiger partial charge on any atom is -0.466 e. The Hall–Kier alpha value is -2.29. The lowest BCUT2D eigenvalue weighted by Crippen LogP contribution is -2.22. The largest absolute Gasteiger partial charge is 0.514 e. The van der Waals surface area contributed by atoms with Gasteiger partial charge in [0.05, 0.1) is 11.5 Å². The van der Waals surface area contributed by atoms with E-state index >= 15 is 0 Å². The predicted octanol–water partition coefficient (Wildman–Crippen LogP) is 5.69. The van der Waals surface area contributed by atoms with Crippen LogP contribution in [0.2, 0.25) is 0 Å². The van der Waals surface area contributed by atoms with Crippen molar-refractivity contribution in [2.24, 2.45) is 0 Å². The van der Waals surface area contributed by atoms with Gasteiger partial charge in [0.2, 0.25) is 0 Å². The smallest absolute Gasteiger partial charge is 0.466 e. The van der Waals surface area contributed by atoms with Crippen molar-refractivity contribution in [2.45, 2.75) is 77.7 Å². The molecular weight excluding hydrogens is 410 g/mol. The van der Waals surface area contributed by atoms with Gasteiger partial charge in [-0.1, -0.05) is 39.5 Å². The van der Waals surface area contributed by atoms with Crippen LogP contribution in [0.1, 0.15) is 71.6 Å². The summed E-state index contributed by atoms with van der Waals surface area (Å²) in [5, 5.41) is 10.7. The quantitative estimate of drug-likeness (QED) is 0.120. The first-order valence-corrected chi connectivity index (χ1v) is 10.2. The molecule has 0 heterocycles. The van der Waals surface area contributed by atoms with E-state index in [2.05, 4.69) is 6.92 Å². The van der Waals surface area contributed by atoms with Crippen LogP contribution in [0.4, 0.5) is 10.5 Å². The molecule has 9 heteroatoms. The summed E-state index contributed by atoms with van der Waals surface area (Å²) in [6.07, 6.45) is 5.71. The second-order valence-electron chi connectivity index (χ2n) is 6.80. The number of hydrogen-bond donors (Lipinski definition) is 0. The van der Waals surface area contributed by atoms with E-state index in [1.807, 2.05) is 6.92 Å². The maximum absolute atomic E-state index is 12.1. The van der Waals surface area contributed by atoms with Crippen molar-refractivity contribution in [2.75, 3.05) is 6.61 Å². The van der Waals surface area contributed by atoms with E-state index in [4.69, 9.17) is 14.2 Å². The highest BCUT2D eigenvalue weighted by atomic mass is 32.1. The maximum atomic E-state index is 12.1. The third-order valence-electron chi connectivity index (χ3n) is 4.32. The number of nitrogens with zero attached hydrogens (tertiary/aromatic N) is 1. The summed E-state index contributed by atoms with van der Waals surface area (Å²) < 4.78 is 15.6. The second-order valence-corrected chi connectivity index (χ2v) is 6.80. The number of esters is 1. The highest BCUT2D eigenvalue weighted by Gasteiger charge is 2.18. The lowest BCUT2D eigenvalue weighted by atomic mass is 10.1. The van der Waals surface area contributed by atoms with Gasteiger partial charge in [0.15, 0.2) is 0 Å². The maximum Gasteiger partial charge on any atom is 0.514 e. The molecule has 0 aliphatic heterocycles. The minimum absolute atomic E-state index is 0. The molecule has 0 amide bonds. The van der Waals surface area contributed by atoms with Crippen molar-refractivity contribution in [3.05, 3.63) is 34.4 Å². The van der Waals surface area contributed by atoms with E-state index < -0.39 is 17.2 Å². The van der Waals surface area contributed by atoms with Gasteiger partial charge in [-0.2, -0.15) is 13.5 Å². The minimum atomic E-state index is -0.890. The standard InChI is InChI=1S/C21H31NO7.H2S/c1-3-5-7-8-9-18(14-15-20(23)27-16-6-4-2)28-21(24)29-19-12-10-17(11-13-19)22(25)26;/h10-13,18H,3-9,14-16H2,1-2H3;1H2/t18-;/m0./s1. The molecule has 0 N–H and O–H groups in total. The molecule has 0 spiro atoms. The first-order chi connectivity index (χ1) is 14.0.